The van der Waals surface area contributed by atoms with Gasteiger partial charge in [-0.3, -0.25) is 18.3 Å². The first kappa shape index (κ1) is 20.2. The van der Waals surface area contributed by atoms with Crippen LogP contribution in [-0.4, -0.2) is 33.2 Å². The molecule has 41 heavy (non-hydrogen) atoms. The van der Waals surface area contributed by atoms with Gasteiger partial charge in [-0.15, -0.1) is 0 Å². The van der Waals surface area contributed by atoms with E-state index < -0.39 is 6.85 Å². The van der Waals surface area contributed by atoms with Crippen LogP contribution < -0.4 is 5.69 Å². The lowest BCUT2D eigenvalue weighted by molar-refractivity contribution is 0.927. The van der Waals surface area contributed by atoms with Crippen LogP contribution in [0.5, 0.6) is 0 Å². The van der Waals surface area contributed by atoms with Gasteiger partial charge in [0, 0.05) is 16.0 Å². The predicted molar refractivity (Wildman–Crippen MR) is 161 cm³/mol. The Labute approximate surface area is 238 Å². The Hall–Kier alpha value is -5.76. The van der Waals surface area contributed by atoms with Crippen molar-refractivity contribution in [3.8, 4) is 22.9 Å². The second-order valence-corrected chi connectivity index (χ2v) is 9.70. The van der Waals surface area contributed by atoms with Crippen LogP contribution in [0.2, 0.25) is 0 Å². The molecule has 0 saturated carbocycles. The molecule has 8 aromatic rings. The third-order valence-electron chi connectivity index (χ3n) is 7.33. The van der Waals surface area contributed by atoms with Gasteiger partial charge in [0.1, 0.15) is 18.0 Å². The quantitative estimate of drug-likeness (QED) is 0.270. The average Bonchev–Trinajstić information content (AvgIpc) is 3.72. The van der Waals surface area contributed by atoms with Crippen molar-refractivity contribution in [2.75, 3.05) is 0 Å². The number of pyridine rings is 1. The fourth-order valence-corrected chi connectivity index (χ4v) is 5.51. The van der Waals surface area contributed by atoms with Gasteiger partial charge in [-0.25, -0.2) is 19.7 Å². The molecule has 4 heterocycles. The third kappa shape index (κ3) is 3.54. The minimum absolute atomic E-state index is 0.104. The Morgan fingerprint density at radius 3 is 2.22 bits per heavy atom. The van der Waals surface area contributed by atoms with Crippen LogP contribution in [0.25, 0.3) is 56.0 Å². The van der Waals surface area contributed by atoms with Crippen LogP contribution in [0.3, 0.4) is 0 Å². The first-order valence-corrected chi connectivity index (χ1v) is 13.1. The lowest BCUT2D eigenvalue weighted by Crippen LogP contribution is -2.22. The molecule has 4 aromatic carbocycles. The molecule has 0 spiro atoms. The van der Waals surface area contributed by atoms with E-state index in [1.54, 1.807) is 50.5 Å². The predicted octanol–water partition coefficient (Wildman–Crippen LogP) is 6.16. The topological polar surface area (TPSA) is 75.5 Å². The molecule has 0 fully saturated rings. The van der Waals surface area contributed by atoms with E-state index in [-0.39, 0.29) is 11.5 Å². The van der Waals surface area contributed by atoms with Crippen molar-refractivity contribution in [1.29, 1.82) is 0 Å². The standard InChI is InChI=1S/C33H23N7O/c1-22-36-27-19-30-31(20-29(27)38(22)32-16-7-8-17-34-32)40(33(41)39(30)23-10-3-2-4-11-23)25-13-9-12-24(18-25)37-21-35-26-14-5-6-15-28(26)37/h2-21H,1H3/i1D3. The van der Waals surface area contributed by atoms with Crippen LogP contribution in [0.15, 0.2) is 127 Å². The Balaban J connectivity index is 1.45. The maximum absolute atomic E-state index is 14.4. The van der Waals surface area contributed by atoms with Crippen molar-refractivity contribution < 1.29 is 4.11 Å². The highest BCUT2D eigenvalue weighted by Gasteiger charge is 2.20. The first-order chi connectivity index (χ1) is 21.4. The summed E-state index contributed by atoms with van der Waals surface area (Å²) in [6.45, 7) is -2.50. The molecule has 0 saturated heterocycles. The number of nitrogens with zero attached hydrogens (tertiary/aromatic N) is 7. The van der Waals surface area contributed by atoms with E-state index >= 15 is 0 Å². The van der Waals surface area contributed by atoms with Gasteiger partial charge in [-0.1, -0.05) is 42.5 Å². The Bertz CT molecular complexity index is 2400. The van der Waals surface area contributed by atoms with E-state index in [4.69, 9.17) is 4.11 Å². The summed E-state index contributed by atoms with van der Waals surface area (Å²) in [5, 5.41) is 0. The van der Waals surface area contributed by atoms with Gasteiger partial charge < -0.3 is 0 Å². The highest BCUT2D eigenvalue weighted by atomic mass is 16.1. The maximum atomic E-state index is 14.4. The molecule has 196 valence electrons. The Morgan fingerprint density at radius 2 is 1.37 bits per heavy atom. The van der Waals surface area contributed by atoms with Gasteiger partial charge in [0.2, 0.25) is 0 Å². The van der Waals surface area contributed by atoms with Crippen LogP contribution in [0.4, 0.5) is 0 Å². The molecule has 0 aliphatic rings. The number of imidazole rings is 3. The van der Waals surface area contributed by atoms with Crippen LogP contribution in [0.1, 0.15) is 9.94 Å². The normalized spacial score (nSPS) is 13.0. The number of hydrogen-bond acceptors (Lipinski definition) is 4. The fraction of sp³-hybridized carbons (Fsp3) is 0.0303. The second kappa shape index (κ2) is 8.89. The molecule has 0 unspecified atom stereocenters. The minimum Gasteiger partial charge on any atom is -0.299 e. The lowest BCUT2D eigenvalue weighted by Gasteiger charge is -2.09. The number of rotatable bonds is 4. The largest absolute Gasteiger partial charge is 0.338 e. The van der Waals surface area contributed by atoms with E-state index in [1.807, 2.05) is 89.5 Å². The van der Waals surface area contributed by atoms with Crippen LogP contribution in [-0.2, 0) is 0 Å². The zero-order valence-electron chi connectivity index (χ0n) is 24.6. The van der Waals surface area contributed by atoms with E-state index in [0.717, 1.165) is 16.7 Å². The van der Waals surface area contributed by atoms with Crippen molar-refractivity contribution in [2.24, 2.45) is 0 Å². The number of para-hydroxylation sites is 3. The molecule has 4 aromatic heterocycles. The SMILES string of the molecule is [2H]C([2H])([2H])c1nc2cc3c(cc2n1-c1ccccn1)n(-c1cccc(-n2cnc4ccccc42)c1)c(=O)n3-c1ccccc1. The third-order valence-corrected chi connectivity index (χ3v) is 7.33. The molecular formula is C33H23N7O. The molecule has 0 radical (unpaired) electrons. The van der Waals surface area contributed by atoms with Gasteiger partial charge in [0.15, 0.2) is 0 Å². The summed E-state index contributed by atoms with van der Waals surface area (Å²) in [5.74, 6) is 0.318. The second-order valence-electron chi connectivity index (χ2n) is 9.70. The maximum Gasteiger partial charge on any atom is 0.338 e. The molecule has 0 N–H and O–H groups in total. The zero-order valence-corrected chi connectivity index (χ0v) is 21.6. The summed E-state index contributed by atoms with van der Waals surface area (Å²) in [7, 11) is 0. The number of aryl methyl sites for hydroxylation is 1. The van der Waals surface area contributed by atoms with Crippen molar-refractivity contribution in [2.45, 2.75) is 6.85 Å². The first-order valence-electron chi connectivity index (χ1n) is 14.6. The molecule has 8 rings (SSSR count). The van der Waals surface area contributed by atoms with E-state index in [9.17, 15) is 4.79 Å². The smallest absolute Gasteiger partial charge is 0.299 e. The molecule has 8 heteroatoms. The minimum atomic E-state index is -2.50. The van der Waals surface area contributed by atoms with Crippen molar-refractivity contribution >= 4 is 33.1 Å². The molecular weight excluding hydrogens is 510 g/mol. The Morgan fingerprint density at radius 1 is 0.610 bits per heavy atom. The summed E-state index contributed by atoms with van der Waals surface area (Å²) in [6.07, 6.45) is 3.38. The van der Waals surface area contributed by atoms with Crippen LogP contribution >= 0.6 is 0 Å². The van der Waals surface area contributed by atoms with Crippen molar-refractivity contribution in [1.82, 2.24) is 33.2 Å². The molecule has 0 amide bonds. The zero-order chi connectivity index (χ0) is 30.0. The van der Waals surface area contributed by atoms with E-state index in [0.29, 0.717) is 39.3 Å². The molecule has 0 bridgehead atoms. The number of benzene rings is 4. The van der Waals surface area contributed by atoms with E-state index in [1.165, 1.54) is 0 Å². The van der Waals surface area contributed by atoms with Crippen molar-refractivity contribution in [3.63, 3.8) is 0 Å². The Kier molecular flexibility index (Phi) is 4.38. The summed E-state index contributed by atoms with van der Waals surface area (Å²) in [5.41, 5.74) is 5.85. The summed E-state index contributed by atoms with van der Waals surface area (Å²) >= 11 is 0. The van der Waals surface area contributed by atoms with Crippen LogP contribution in [0, 0.1) is 6.85 Å². The molecule has 0 aliphatic carbocycles. The lowest BCUT2D eigenvalue weighted by atomic mass is 10.2. The number of aromatic nitrogens is 7. The van der Waals surface area contributed by atoms with Gasteiger partial charge in [-0.2, -0.15) is 0 Å². The van der Waals surface area contributed by atoms with Gasteiger partial charge in [0.25, 0.3) is 0 Å². The molecule has 8 nitrogen and oxygen atoms in total. The van der Waals surface area contributed by atoms with Crippen molar-refractivity contribution in [3.05, 3.63) is 138 Å². The monoisotopic (exact) mass is 536 g/mol. The average molecular weight is 537 g/mol. The summed E-state index contributed by atoms with van der Waals surface area (Å²) in [6, 6.07) is 33.8. The molecule has 0 atom stereocenters. The summed E-state index contributed by atoms with van der Waals surface area (Å²) in [4.78, 5) is 27.9. The van der Waals surface area contributed by atoms with E-state index in [2.05, 4.69) is 15.0 Å². The highest BCUT2D eigenvalue weighted by molar-refractivity contribution is 5.94. The highest BCUT2D eigenvalue weighted by Crippen LogP contribution is 2.29. The van der Waals surface area contributed by atoms with Gasteiger partial charge in [-0.05, 0) is 73.6 Å². The molecule has 0 aliphatic heterocycles. The number of fused-ring (bicyclic) bond motifs is 3. The van der Waals surface area contributed by atoms with Gasteiger partial charge in [0.05, 0.1) is 44.5 Å². The fourth-order valence-electron chi connectivity index (χ4n) is 5.51. The summed E-state index contributed by atoms with van der Waals surface area (Å²) < 4.78 is 31.5. The van der Waals surface area contributed by atoms with Gasteiger partial charge >= 0.3 is 5.69 Å². The number of hydrogen-bond donors (Lipinski definition) is 0.